The normalized spacial score (nSPS) is 24.4. The molecular formula is C16H16N2O2. The maximum atomic E-state index is 10.8. The molecule has 0 radical (unpaired) electrons. The second kappa shape index (κ2) is 5.01. The number of nitrogens with zero attached hydrogens (tertiary/aromatic N) is 2. The van der Waals surface area contributed by atoms with Crippen LogP contribution in [0.15, 0.2) is 35.9 Å². The first-order valence-corrected chi connectivity index (χ1v) is 6.88. The van der Waals surface area contributed by atoms with Crippen LogP contribution in [-0.2, 0) is 4.79 Å². The highest BCUT2D eigenvalue weighted by Gasteiger charge is 2.38. The van der Waals surface area contributed by atoms with Gasteiger partial charge in [0.25, 0.3) is 0 Å². The monoisotopic (exact) mass is 268 g/mol. The van der Waals surface area contributed by atoms with E-state index in [1.807, 2.05) is 24.3 Å². The lowest BCUT2D eigenvalue weighted by Gasteiger charge is -2.38. The highest BCUT2D eigenvalue weighted by atomic mass is 16.4. The van der Waals surface area contributed by atoms with Crippen LogP contribution in [0.5, 0.6) is 0 Å². The summed E-state index contributed by atoms with van der Waals surface area (Å²) in [5.74, 6) is -0.841. The molecule has 0 saturated carbocycles. The van der Waals surface area contributed by atoms with Gasteiger partial charge in [0.15, 0.2) is 0 Å². The first-order valence-electron chi connectivity index (χ1n) is 6.88. The van der Waals surface area contributed by atoms with Crippen molar-refractivity contribution in [2.75, 3.05) is 4.90 Å². The second-order valence-electron chi connectivity index (χ2n) is 5.50. The molecule has 4 nitrogen and oxygen atoms in total. The van der Waals surface area contributed by atoms with Gasteiger partial charge in [-0.05, 0) is 49.9 Å². The molecule has 1 N–H and O–H groups in total. The molecule has 102 valence electrons. The van der Waals surface area contributed by atoms with Gasteiger partial charge in [-0.1, -0.05) is 5.57 Å². The van der Waals surface area contributed by atoms with E-state index in [0.717, 1.165) is 36.9 Å². The van der Waals surface area contributed by atoms with Gasteiger partial charge in [-0.25, -0.2) is 4.79 Å². The summed E-state index contributed by atoms with van der Waals surface area (Å²) in [4.78, 5) is 13.2. The number of anilines is 1. The average Bonchev–Trinajstić information content (AvgIpc) is 2.70. The summed E-state index contributed by atoms with van der Waals surface area (Å²) < 4.78 is 0. The first-order chi connectivity index (χ1) is 9.67. The Bertz CT molecular complexity index is 582. The van der Waals surface area contributed by atoms with E-state index in [1.54, 1.807) is 0 Å². The maximum Gasteiger partial charge on any atom is 0.328 e. The van der Waals surface area contributed by atoms with E-state index >= 15 is 0 Å². The smallest absolute Gasteiger partial charge is 0.328 e. The summed E-state index contributed by atoms with van der Waals surface area (Å²) in [6.07, 6.45) is 5.27. The molecule has 2 aliphatic rings. The zero-order valence-electron chi connectivity index (χ0n) is 11.1. The number of benzene rings is 1. The highest BCUT2D eigenvalue weighted by Crippen LogP contribution is 2.41. The van der Waals surface area contributed by atoms with Gasteiger partial charge in [-0.15, -0.1) is 0 Å². The molecule has 4 heteroatoms. The van der Waals surface area contributed by atoms with E-state index in [2.05, 4.69) is 11.0 Å². The van der Waals surface area contributed by atoms with Crippen LogP contribution >= 0.6 is 0 Å². The van der Waals surface area contributed by atoms with E-state index in [1.165, 1.54) is 6.08 Å². The molecule has 0 spiro atoms. The lowest BCUT2D eigenvalue weighted by Crippen LogP contribution is -2.40. The molecule has 2 atom stereocenters. The molecule has 2 heterocycles. The molecule has 2 fully saturated rings. The number of nitriles is 1. The van der Waals surface area contributed by atoms with Crippen molar-refractivity contribution in [3.05, 3.63) is 41.5 Å². The number of rotatable bonds is 2. The maximum absolute atomic E-state index is 10.8. The van der Waals surface area contributed by atoms with Crippen LogP contribution in [0.25, 0.3) is 0 Å². The van der Waals surface area contributed by atoms with Crippen LogP contribution in [0.4, 0.5) is 5.69 Å². The van der Waals surface area contributed by atoms with E-state index in [9.17, 15) is 4.79 Å². The van der Waals surface area contributed by atoms with Crippen LogP contribution in [0.3, 0.4) is 0 Å². The Morgan fingerprint density at radius 3 is 2.35 bits per heavy atom. The van der Waals surface area contributed by atoms with Gasteiger partial charge in [-0.2, -0.15) is 5.26 Å². The van der Waals surface area contributed by atoms with Gasteiger partial charge < -0.3 is 10.0 Å². The Morgan fingerprint density at radius 2 is 1.85 bits per heavy atom. The van der Waals surface area contributed by atoms with Gasteiger partial charge in [0.1, 0.15) is 0 Å². The molecule has 20 heavy (non-hydrogen) atoms. The van der Waals surface area contributed by atoms with E-state index in [0.29, 0.717) is 17.6 Å². The summed E-state index contributed by atoms with van der Waals surface area (Å²) in [5.41, 5.74) is 2.87. The largest absolute Gasteiger partial charge is 0.478 e. The Balaban J connectivity index is 1.83. The molecule has 1 aromatic rings. The zero-order valence-corrected chi connectivity index (χ0v) is 11.1. The van der Waals surface area contributed by atoms with Crippen molar-refractivity contribution in [3.63, 3.8) is 0 Å². The van der Waals surface area contributed by atoms with Gasteiger partial charge in [-0.3, -0.25) is 0 Å². The van der Waals surface area contributed by atoms with Crippen molar-refractivity contribution in [2.45, 2.75) is 37.8 Å². The number of carbonyl (C=O) groups is 1. The number of hydrogen-bond acceptors (Lipinski definition) is 3. The molecule has 2 bridgehead atoms. The van der Waals surface area contributed by atoms with E-state index in [-0.39, 0.29) is 0 Å². The van der Waals surface area contributed by atoms with Crippen LogP contribution in [0.2, 0.25) is 0 Å². The SMILES string of the molecule is N#Cc1ccc(N2C3CCC2CC(=CC(=O)O)C3)cc1. The fourth-order valence-electron chi connectivity index (χ4n) is 3.47. The number of fused-ring (bicyclic) bond motifs is 2. The summed E-state index contributed by atoms with van der Waals surface area (Å²) in [7, 11) is 0. The Labute approximate surface area is 117 Å². The minimum Gasteiger partial charge on any atom is -0.478 e. The minimum atomic E-state index is -0.841. The summed E-state index contributed by atoms with van der Waals surface area (Å²) in [5, 5.41) is 17.7. The number of hydrogen-bond donors (Lipinski definition) is 1. The van der Waals surface area contributed by atoms with Gasteiger partial charge >= 0.3 is 5.97 Å². The predicted octanol–water partition coefficient (Wildman–Crippen LogP) is 2.70. The minimum absolute atomic E-state index is 0.396. The number of aliphatic carboxylic acids is 1. The lowest BCUT2D eigenvalue weighted by atomic mass is 9.95. The van der Waals surface area contributed by atoms with Crippen molar-refractivity contribution < 1.29 is 9.90 Å². The van der Waals surface area contributed by atoms with Gasteiger partial charge in [0.05, 0.1) is 11.6 Å². The first kappa shape index (κ1) is 12.7. The molecular weight excluding hydrogens is 252 g/mol. The van der Waals surface area contributed by atoms with Crippen molar-refractivity contribution in [3.8, 4) is 6.07 Å². The third kappa shape index (κ3) is 2.27. The summed E-state index contributed by atoms with van der Waals surface area (Å²) >= 11 is 0. The molecule has 2 saturated heterocycles. The van der Waals surface area contributed by atoms with Crippen molar-refractivity contribution >= 4 is 11.7 Å². The van der Waals surface area contributed by atoms with Crippen molar-refractivity contribution in [2.24, 2.45) is 0 Å². The lowest BCUT2D eigenvalue weighted by molar-refractivity contribution is -0.131. The summed E-state index contributed by atoms with van der Waals surface area (Å²) in [6, 6.07) is 10.6. The molecule has 0 aromatic heterocycles. The topological polar surface area (TPSA) is 64.3 Å². The van der Waals surface area contributed by atoms with Crippen molar-refractivity contribution in [1.82, 2.24) is 0 Å². The molecule has 1 aromatic carbocycles. The fourth-order valence-corrected chi connectivity index (χ4v) is 3.47. The van der Waals surface area contributed by atoms with Crippen LogP contribution in [0.1, 0.15) is 31.2 Å². The molecule has 2 aliphatic heterocycles. The average molecular weight is 268 g/mol. The molecule has 0 amide bonds. The van der Waals surface area contributed by atoms with Crippen LogP contribution < -0.4 is 4.90 Å². The highest BCUT2D eigenvalue weighted by molar-refractivity contribution is 5.80. The predicted molar refractivity (Wildman–Crippen MR) is 75.4 cm³/mol. The molecule has 0 aliphatic carbocycles. The third-order valence-corrected chi connectivity index (χ3v) is 4.24. The fraction of sp³-hybridized carbons (Fsp3) is 0.375. The van der Waals surface area contributed by atoms with Crippen molar-refractivity contribution in [1.29, 1.82) is 5.26 Å². The quantitative estimate of drug-likeness (QED) is 0.838. The third-order valence-electron chi connectivity index (χ3n) is 4.24. The Hall–Kier alpha value is -2.28. The standard InChI is InChI=1S/C16H16N2O2/c17-10-11-1-3-13(4-2-11)18-14-5-6-15(18)8-12(7-14)9-16(19)20/h1-4,9,14-15H,5-8H2,(H,19,20). The summed E-state index contributed by atoms with van der Waals surface area (Å²) in [6.45, 7) is 0. The van der Waals surface area contributed by atoms with Gasteiger partial charge in [0.2, 0.25) is 0 Å². The molecule has 2 unspecified atom stereocenters. The van der Waals surface area contributed by atoms with E-state index < -0.39 is 5.97 Å². The number of piperidine rings is 1. The zero-order chi connectivity index (χ0) is 14.1. The Kier molecular flexibility index (Phi) is 3.19. The Morgan fingerprint density at radius 1 is 1.25 bits per heavy atom. The van der Waals surface area contributed by atoms with Crippen LogP contribution in [-0.4, -0.2) is 23.2 Å². The van der Waals surface area contributed by atoms with Gasteiger partial charge in [0, 0.05) is 23.8 Å². The van der Waals surface area contributed by atoms with Crippen LogP contribution in [0, 0.1) is 11.3 Å². The number of carboxylic acids is 1. The number of carboxylic acid groups (broad SMARTS) is 1. The van der Waals surface area contributed by atoms with E-state index in [4.69, 9.17) is 10.4 Å². The molecule has 3 rings (SSSR count). The second-order valence-corrected chi connectivity index (χ2v) is 5.50.